The fourth-order valence-corrected chi connectivity index (χ4v) is 3.28. The molecule has 0 aliphatic heterocycles. The number of nitrogens with one attached hydrogen (secondary N) is 2. The van der Waals surface area contributed by atoms with Gasteiger partial charge >= 0.3 is 11.8 Å². The van der Waals surface area contributed by atoms with E-state index in [9.17, 15) is 9.59 Å². The van der Waals surface area contributed by atoms with Gasteiger partial charge in [-0.15, -0.1) is 0 Å². The molecule has 0 aliphatic rings. The molecule has 31 heavy (non-hydrogen) atoms. The Morgan fingerprint density at radius 3 is 2.39 bits per heavy atom. The Morgan fingerprint density at radius 2 is 1.74 bits per heavy atom. The molecule has 2 aromatic carbocycles. The smallest absolute Gasteiger partial charge is 0.329 e. The van der Waals surface area contributed by atoms with Crippen molar-refractivity contribution in [3.8, 4) is 11.4 Å². The number of rotatable bonds is 5. The van der Waals surface area contributed by atoms with Crippen LogP contribution in [0.5, 0.6) is 5.75 Å². The van der Waals surface area contributed by atoms with Gasteiger partial charge in [0.15, 0.2) is 0 Å². The summed E-state index contributed by atoms with van der Waals surface area (Å²) in [5.74, 6) is -1.04. The normalized spacial score (nSPS) is 10.9. The van der Waals surface area contributed by atoms with Crippen molar-refractivity contribution in [3.63, 3.8) is 0 Å². The Balaban J connectivity index is 1.67. The number of hydrazone groups is 1. The molecule has 3 rings (SSSR count). The van der Waals surface area contributed by atoms with E-state index in [0.717, 1.165) is 28.2 Å². The number of nitrogens with zero attached hydrogens (tertiary/aromatic N) is 2. The zero-order valence-corrected chi connectivity index (χ0v) is 18.4. The van der Waals surface area contributed by atoms with Crippen LogP contribution in [0.15, 0.2) is 53.6 Å². The molecule has 160 valence electrons. The van der Waals surface area contributed by atoms with Gasteiger partial charge < -0.3 is 14.6 Å². The van der Waals surface area contributed by atoms with Gasteiger partial charge in [-0.1, -0.05) is 17.7 Å². The molecule has 1 heterocycles. The van der Waals surface area contributed by atoms with Crippen molar-refractivity contribution >= 4 is 35.3 Å². The summed E-state index contributed by atoms with van der Waals surface area (Å²) >= 11 is 6.27. The van der Waals surface area contributed by atoms with E-state index < -0.39 is 11.8 Å². The standard InChI is InChI=1S/C23H23ClN4O3/c1-14-5-8-19(12-21(14)24)28-15(2)11-17(16(28)3)13-25-27-23(30)22(29)26-18-6-9-20(31-4)10-7-18/h5-13H,1-4H3,(H,26,29)(H,27,30)/b25-13-. The number of anilines is 1. The van der Waals surface area contributed by atoms with Crippen molar-refractivity contribution < 1.29 is 14.3 Å². The molecule has 0 fully saturated rings. The lowest BCUT2D eigenvalue weighted by molar-refractivity contribution is -0.136. The first-order chi connectivity index (χ1) is 14.8. The number of methoxy groups -OCH3 is 1. The lowest BCUT2D eigenvalue weighted by Gasteiger charge is -2.11. The number of aryl methyl sites for hydroxylation is 2. The van der Waals surface area contributed by atoms with Crippen molar-refractivity contribution in [1.29, 1.82) is 0 Å². The van der Waals surface area contributed by atoms with Gasteiger partial charge in [0.2, 0.25) is 0 Å². The lowest BCUT2D eigenvalue weighted by Crippen LogP contribution is -2.32. The third-order valence-electron chi connectivity index (χ3n) is 4.81. The zero-order chi connectivity index (χ0) is 22.5. The van der Waals surface area contributed by atoms with Crippen LogP contribution in [0.1, 0.15) is 22.5 Å². The van der Waals surface area contributed by atoms with Gasteiger partial charge in [0, 0.05) is 33.3 Å². The first kappa shape index (κ1) is 22.1. The lowest BCUT2D eigenvalue weighted by atomic mass is 10.2. The van der Waals surface area contributed by atoms with Gasteiger partial charge in [-0.05, 0) is 68.8 Å². The Kier molecular flexibility index (Phi) is 6.77. The number of halogens is 1. The number of aromatic nitrogens is 1. The largest absolute Gasteiger partial charge is 0.497 e. The monoisotopic (exact) mass is 438 g/mol. The Morgan fingerprint density at radius 1 is 1.03 bits per heavy atom. The van der Waals surface area contributed by atoms with Crippen molar-refractivity contribution in [2.45, 2.75) is 20.8 Å². The van der Waals surface area contributed by atoms with E-state index >= 15 is 0 Å². The van der Waals surface area contributed by atoms with E-state index in [4.69, 9.17) is 16.3 Å². The van der Waals surface area contributed by atoms with Gasteiger partial charge in [-0.25, -0.2) is 5.43 Å². The summed E-state index contributed by atoms with van der Waals surface area (Å²) in [6.07, 6.45) is 1.51. The third kappa shape index (κ3) is 5.13. The minimum Gasteiger partial charge on any atom is -0.497 e. The van der Waals surface area contributed by atoms with Crippen LogP contribution < -0.4 is 15.5 Å². The third-order valence-corrected chi connectivity index (χ3v) is 5.21. The minimum absolute atomic E-state index is 0.477. The Labute approximate surface area is 185 Å². The summed E-state index contributed by atoms with van der Waals surface area (Å²) in [5, 5.41) is 7.12. The first-order valence-corrected chi connectivity index (χ1v) is 9.92. The second-order valence-electron chi connectivity index (χ2n) is 6.98. The van der Waals surface area contributed by atoms with Crippen molar-refractivity contribution in [3.05, 3.63) is 76.1 Å². The van der Waals surface area contributed by atoms with Gasteiger partial charge in [-0.3, -0.25) is 9.59 Å². The molecule has 7 nitrogen and oxygen atoms in total. The van der Waals surface area contributed by atoms with Crippen molar-refractivity contribution in [2.75, 3.05) is 12.4 Å². The fourth-order valence-electron chi connectivity index (χ4n) is 3.11. The molecule has 2 amide bonds. The van der Waals surface area contributed by atoms with Gasteiger partial charge in [-0.2, -0.15) is 5.10 Å². The molecule has 2 N–H and O–H groups in total. The number of carbonyl (C=O) groups excluding carboxylic acids is 2. The maximum Gasteiger partial charge on any atom is 0.329 e. The molecular weight excluding hydrogens is 416 g/mol. The molecule has 0 saturated heterocycles. The second kappa shape index (κ2) is 9.49. The summed E-state index contributed by atoms with van der Waals surface area (Å²) in [4.78, 5) is 24.1. The molecular formula is C23H23ClN4O3. The van der Waals surface area contributed by atoms with Crippen LogP contribution in [0.4, 0.5) is 5.69 Å². The van der Waals surface area contributed by atoms with E-state index in [-0.39, 0.29) is 0 Å². The van der Waals surface area contributed by atoms with E-state index in [1.165, 1.54) is 6.21 Å². The molecule has 0 bridgehead atoms. The van der Waals surface area contributed by atoms with Gasteiger partial charge in [0.25, 0.3) is 0 Å². The number of ether oxygens (including phenoxy) is 1. The highest BCUT2D eigenvalue weighted by molar-refractivity contribution is 6.39. The number of hydrogen-bond donors (Lipinski definition) is 2. The second-order valence-corrected chi connectivity index (χ2v) is 7.38. The SMILES string of the molecule is COc1ccc(NC(=O)C(=O)N/N=C\c2cc(C)n(-c3ccc(C)c(Cl)c3)c2C)cc1. The molecule has 1 aromatic heterocycles. The number of benzene rings is 2. The molecule has 0 radical (unpaired) electrons. The van der Waals surface area contributed by atoms with E-state index in [0.29, 0.717) is 16.5 Å². The highest BCUT2D eigenvalue weighted by atomic mass is 35.5. The Bertz CT molecular complexity index is 1150. The van der Waals surface area contributed by atoms with Crippen molar-refractivity contribution in [1.82, 2.24) is 9.99 Å². The molecule has 0 atom stereocenters. The van der Waals surface area contributed by atoms with Gasteiger partial charge in [0.1, 0.15) is 5.75 Å². The van der Waals surface area contributed by atoms with Crippen LogP contribution in [0.3, 0.4) is 0 Å². The van der Waals surface area contributed by atoms with Crippen LogP contribution in [-0.2, 0) is 9.59 Å². The topological polar surface area (TPSA) is 84.7 Å². The summed E-state index contributed by atoms with van der Waals surface area (Å²) < 4.78 is 7.10. The summed E-state index contributed by atoms with van der Waals surface area (Å²) in [5.41, 5.74) is 7.40. The average molecular weight is 439 g/mol. The van der Waals surface area contributed by atoms with Crippen LogP contribution in [-0.4, -0.2) is 29.7 Å². The fraction of sp³-hybridized carbons (Fsp3) is 0.174. The van der Waals surface area contributed by atoms with Crippen molar-refractivity contribution in [2.24, 2.45) is 5.10 Å². The van der Waals surface area contributed by atoms with E-state index in [1.807, 2.05) is 49.6 Å². The highest BCUT2D eigenvalue weighted by Crippen LogP contribution is 2.24. The number of carbonyl (C=O) groups is 2. The first-order valence-electron chi connectivity index (χ1n) is 9.54. The quantitative estimate of drug-likeness (QED) is 0.356. The van der Waals surface area contributed by atoms with E-state index in [1.54, 1.807) is 31.4 Å². The summed E-state index contributed by atoms with van der Waals surface area (Å²) in [6, 6.07) is 14.4. The molecule has 0 aliphatic carbocycles. The van der Waals surface area contributed by atoms with Crippen LogP contribution in [0.25, 0.3) is 5.69 Å². The molecule has 8 heteroatoms. The molecule has 3 aromatic rings. The predicted octanol–water partition coefficient (Wildman–Crippen LogP) is 4.15. The average Bonchev–Trinajstić information content (AvgIpc) is 3.03. The highest BCUT2D eigenvalue weighted by Gasteiger charge is 2.14. The molecule has 0 spiro atoms. The van der Waals surface area contributed by atoms with E-state index in [2.05, 4.69) is 15.8 Å². The summed E-state index contributed by atoms with van der Waals surface area (Å²) in [7, 11) is 1.55. The molecule has 0 unspecified atom stereocenters. The predicted molar refractivity (Wildman–Crippen MR) is 122 cm³/mol. The maximum absolute atomic E-state index is 12.0. The molecule has 0 saturated carbocycles. The number of hydrogen-bond acceptors (Lipinski definition) is 4. The zero-order valence-electron chi connectivity index (χ0n) is 17.7. The van der Waals surface area contributed by atoms with Crippen LogP contribution >= 0.6 is 11.6 Å². The minimum atomic E-state index is -0.869. The maximum atomic E-state index is 12.0. The Hall–Kier alpha value is -3.58. The number of amides is 2. The van der Waals surface area contributed by atoms with Gasteiger partial charge in [0.05, 0.1) is 13.3 Å². The van der Waals surface area contributed by atoms with Crippen LogP contribution in [0.2, 0.25) is 5.02 Å². The van der Waals surface area contributed by atoms with Crippen LogP contribution in [0, 0.1) is 20.8 Å². The summed E-state index contributed by atoms with van der Waals surface area (Å²) in [6.45, 7) is 5.87.